The minimum Gasteiger partial charge on any atom is -0.456 e. The van der Waals surface area contributed by atoms with E-state index in [0.29, 0.717) is 0 Å². The Hall–Kier alpha value is -4.73. The van der Waals surface area contributed by atoms with Crippen LogP contribution in [0.3, 0.4) is 0 Å². The standard InChI is InChI=1S/C41H31NOS/c1-24-9-16-35-39(19-24)44-40-20-25(2)10-17-36(40)42(35)28-13-15-30-29-14-11-27(22-33(29)41(3,4)34(30)23-28)26-12-18-38-32(21-26)31-7-5-6-8-37(31)43-38/h5-23H,1-4H3. The van der Waals surface area contributed by atoms with Gasteiger partial charge in [-0.2, -0.15) is 0 Å². The minimum absolute atomic E-state index is 0.139. The first-order valence-corrected chi connectivity index (χ1v) is 16.1. The van der Waals surface area contributed by atoms with Crippen molar-refractivity contribution >= 4 is 50.8 Å². The molecular formula is C41H31NOS. The van der Waals surface area contributed by atoms with E-state index in [9.17, 15) is 0 Å². The second kappa shape index (κ2) is 9.14. The second-order valence-electron chi connectivity index (χ2n) is 12.8. The van der Waals surface area contributed by atoms with E-state index in [1.807, 2.05) is 23.9 Å². The molecule has 9 rings (SSSR count). The molecule has 44 heavy (non-hydrogen) atoms. The summed E-state index contributed by atoms with van der Waals surface area (Å²) in [5.41, 5.74) is 15.9. The molecule has 1 aliphatic carbocycles. The number of nitrogens with zero attached hydrogens (tertiary/aromatic N) is 1. The van der Waals surface area contributed by atoms with Crippen molar-refractivity contribution in [2.45, 2.75) is 42.9 Å². The van der Waals surface area contributed by atoms with Crippen molar-refractivity contribution in [1.29, 1.82) is 0 Å². The normalized spacial score (nSPS) is 14.4. The molecule has 0 radical (unpaired) electrons. The van der Waals surface area contributed by atoms with Crippen LogP contribution >= 0.6 is 11.8 Å². The molecular weight excluding hydrogens is 555 g/mol. The zero-order valence-corrected chi connectivity index (χ0v) is 26.0. The van der Waals surface area contributed by atoms with Crippen LogP contribution < -0.4 is 4.90 Å². The van der Waals surface area contributed by atoms with Gasteiger partial charge in [0.2, 0.25) is 0 Å². The van der Waals surface area contributed by atoms with E-state index in [2.05, 4.69) is 136 Å². The maximum Gasteiger partial charge on any atom is 0.135 e. The Morgan fingerprint density at radius 1 is 0.568 bits per heavy atom. The maximum absolute atomic E-state index is 6.10. The molecule has 0 unspecified atom stereocenters. The van der Waals surface area contributed by atoms with Crippen LogP contribution in [0.2, 0.25) is 0 Å². The lowest BCUT2D eigenvalue weighted by molar-refractivity contribution is 0.660. The van der Waals surface area contributed by atoms with Crippen molar-refractivity contribution in [2.24, 2.45) is 0 Å². The quantitative estimate of drug-likeness (QED) is 0.201. The highest BCUT2D eigenvalue weighted by Gasteiger charge is 2.37. The van der Waals surface area contributed by atoms with Crippen LogP contribution in [0.4, 0.5) is 17.1 Å². The Morgan fingerprint density at radius 2 is 1.18 bits per heavy atom. The molecule has 2 heterocycles. The van der Waals surface area contributed by atoms with Crippen LogP contribution in [0.1, 0.15) is 36.1 Å². The summed E-state index contributed by atoms with van der Waals surface area (Å²) < 4.78 is 6.10. The Balaban J connectivity index is 1.16. The van der Waals surface area contributed by atoms with E-state index in [4.69, 9.17) is 4.42 Å². The number of fused-ring (bicyclic) bond motifs is 8. The van der Waals surface area contributed by atoms with Crippen molar-refractivity contribution in [3.63, 3.8) is 0 Å². The predicted octanol–water partition coefficient (Wildman–Crippen LogP) is 12.1. The topological polar surface area (TPSA) is 16.4 Å². The van der Waals surface area contributed by atoms with Crippen molar-refractivity contribution in [1.82, 2.24) is 0 Å². The molecule has 0 fully saturated rings. The van der Waals surface area contributed by atoms with Gasteiger partial charge >= 0.3 is 0 Å². The monoisotopic (exact) mass is 585 g/mol. The summed E-state index contributed by atoms with van der Waals surface area (Å²) in [6, 6.07) is 42.6. The molecule has 0 bridgehead atoms. The van der Waals surface area contributed by atoms with E-state index in [0.717, 1.165) is 21.9 Å². The van der Waals surface area contributed by atoms with Crippen LogP contribution in [0.5, 0.6) is 0 Å². The predicted molar refractivity (Wildman–Crippen MR) is 185 cm³/mol. The number of para-hydroxylation sites is 1. The Labute approximate surface area is 262 Å². The summed E-state index contributed by atoms with van der Waals surface area (Å²) in [7, 11) is 0. The van der Waals surface area contributed by atoms with Gasteiger partial charge in [-0.3, -0.25) is 0 Å². The number of furan rings is 1. The summed E-state index contributed by atoms with van der Waals surface area (Å²) >= 11 is 1.88. The van der Waals surface area contributed by atoms with Crippen LogP contribution in [0.15, 0.2) is 129 Å². The van der Waals surface area contributed by atoms with E-state index in [-0.39, 0.29) is 5.41 Å². The summed E-state index contributed by atoms with van der Waals surface area (Å²) in [6.45, 7) is 9.10. The first-order chi connectivity index (χ1) is 21.3. The zero-order valence-electron chi connectivity index (χ0n) is 25.2. The fraction of sp³-hybridized carbons (Fsp3) is 0.122. The molecule has 1 aromatic heterocycles. The fourth-order valence-corrected chi connectivity index (χ4v) is 8.51. The number of anilines is 3. The third-order valence-electron chi connectivity index (χ3n) is 9.56. The molecule has 0 atom stereocenters. The highest BCUT2D eigenvalue weighted by Crippen LogP contribution is 2.55. The Bertz CT molecular complexity index is 2270. The van der Waals surface area contributed by atoms with Crippen LogP contribution in [0.25, 0.3) is 44.2 Å². The lowest BCUT2D eigenvalue weighted by atomic mass is 9.81. The number of hydrogen-bond acceptors (Lipinski definition) is 3. The summed E-state index contributed by atoms with van der Waals surface area (Å²) in [5.74, 6) is 0. The molecule has 2 nitrogen and oxygen atoms in total. The third-order valence-corrected chi connectivity index (χ3v) is 10.7. The molecule has 0 saturated carbocycles. The maximum atomic E-state index is 6.10. The van der Waals surface area contributed by atoms with Gasteiger partial charge in [0.1, 0.15) is 11.2 Å². The highest BCUT2D eigenvalue weighted by molar-refractivity contribution is 7.99. The summed E-state index contributed by atoms with van der Waals surface area (Å²) in [5, 5.41) is 2.33. The van der Waals surface area contributed by atoms with E-state index >= 15 is 0 Å². The number of benzene rings is 6. The average Bonchev–Trinajstić information content (AvgIpc) is 3.51. The molecule has 7 aromatic rings. The molecule has 0 amide bonds. The van der Waals surface area contributed by atoms with Gasteiger partial charge in [-0.1, -0.05) is 80.2 Å². The number of aryl methyl sites for hydroxylation is 2. The van der Waals surface area contributed by atoms with Crippen LogP contribution in [0, 0.1) is 13.8 Å². The second-order valence-corrected chi connectivity index (χ2v) is 13.9. The van der Waals surface area contributed by atoms with Gasteiger partial charge in [0, 0.05) is 31.7 Å². The first kappa shape index (κ1) is 25.7. The highest BCUT2D eigenvalue weighted by atomic mass is 32.2. The molecule has 0 spiro atoms. The van der Waals surface area contributed by atoms with Crippen molar-refractivity contribution < 1.29 is 4.42 Å². The largest absolute Gasteiger partial charge is 0.456 e. The molecule has 3 heteroatoms. The van der Waals surface area contributed by atoms with Gasteiger partial charge in [0.25, 0.3) is 0 Å². The van der Waals surface area contributed by atoms with Gasteiger partial charge in [-0.15, -0.1) is 0 Å². The minimum atomic E-state index is -0.139. The van der Waals surface area contributed by atoms with Gasteiger partial charge in [-0.05, 0) is 119 Å². The third kappa shape index (κ3) is 3.69. The van der Waals surface area contributed by atoms with E-state index < -0.39 is 0 Å². The van der Waals surface area contributed by atoms with Gasteiger partial charge in [0.05, 0.1) is 11.4 Å². The van der Waals surface area contributed by atoms with E-state index in [1.54, 1.807) is 0 Å². The molecule has 6 aromatic carbocycles. The Morgan fingerprint density at radius 3 is 1.93 bits per heavy atom. The van der Waals surface area contributed by atoms with Crippen LogP contribution in [-0.4, -0.2) is 0 Å². The van der Waals surface area contributed by atoms with Gasteiger partial charge < -0.3 is 9.32 Å². The summed E-state index contributed by atoms with van der Waals surface area (Å²) in [4.78, 5) is 5.06. The first-order valence-electron chi connectivity index (χ1n) is 15.3. The number of rotatable bonds is 2. The van der Waals surface area contributed by atoms with Gasteiger partial charge in [0.15, 0.2) is 0 Å². The molecule has 212 valence electrons. The van der Waals surface area contributed by atoms with Crippen LogP contribution in [-0.2, 0) is 5.41 Å². The Kier molecular flexibility index (Phi) is 5.35. The average molecular weight is 586 g/mol. The number of hydrogen-bond donors (Lipinski definition) is 0. The fourth-order valence-electron chi connectivity index (χ4n) is 7.25. The van der Waals surface area contributed by atoms with Crippen molar-refractivity contribution in [3.05, 3.63) is 138 Å². The SMILES string of the molecule is Cc1ccc2c(c1)Sc1cc(C)ccc1N2c1ccc2c(c1)C(C)(C)c1cc(-c3ccc4oc5ccccc5c4c3)ccc1-2. The zero-order chi connectivity index (χ0) is 29.7. The molecule has 2 aliphatic rings. The molecule has 0 N–H and O–H groups in total. The van der Waals surface area contributed by atoms with E-state index in [1.165, 1.54) is 71.4 Å². The van der Waals surface area contributed by atoms with Crippen molar-refractivity contribution in [3.8, 4) is 22.3 Å². The lowest BCUT2D eigenvalue weighted by Crippen LogP contribution is -2.18. The molecule has 0 saturated heterocycles. The van der Waals surface area contributed by atoms with Crippen molar-refractivity contribution in [2.75, 3.05) is 4.90 Å². The lowest BCUT2D eigenvalue weighted by Gasteiger charge is -2.34. The molecule has 1 aliphatic heterocycles. The smallest absolute Gasteiger partial charge is 0.135 e. The van der Waals surface area contributed by atoms with Gasteiger partial charge in [-0.25, -0.2) is 0 Å². The summed E-state index contributed by atoms with van der Waals surface area (Å²) in [6.07, 6.45) is 0.